The van der Waals surface area contributed by atoms with Crippen molar-refractivity contribution in [1.29, 1.82) is 5.26 Å². The summed E-state index contributed by atoms with van der Waals surface area (Å²) in [5.74, 6) is 0. The van der Waals surface area contributed by atoms with Crippen molar-refractivity contribution in [1.82, 2.24) is 10.2 Å². The van der Waals surface area contributed by atoms with Crippen molar-refractivity contribution < 1.29 is 0 Å². The smallest absolute Gasteiger partial charge is 0.0991 e. The van der Waals surface area contributed by atoms with E-state index in [0.29, 0.717) is 6.04 Å². The van der Waals surface area contributed by atoms with Crippen molar-refractivity contribution in [3.05, 3.63) is 29.8 Å². The van der Waals surface area contributed by atoms with Crippen LogP contribution in [-0.4, -0.2) is 51.2 Å². The van der Waals surface area contributed by atoms with Crippen LogP contribution >= 0.6 is 0 Å². The highest BCUT2D eigenvalue weighted by atomic mass is 15.3. The van der Waals surface area contributed by atoms with E-state index in [1.54, 1.807) is 0 Å². The Morgan fingerprint density at radius 2 is 2.06 bits per heavy atom. The minimum atomic E-state index is 0.541. The molecule has 0 spiro atoms. The Hall–Kier alpha value is -1.57. The maximum atomic E-state index is 8.81. The lowest BCUT2D eigenvalue weighted by Crippen LogP contribution is -2.54. The van der Waals surface area contributed by atoms with E-state index in [9.17, 15) is 0 Å². The Labute approximate surface area is 109 Å². The Balaban J connectivity index is 2.06. The average molecular weight is 244 g/mol. The fourth-order valence-electron chi connectivity index (χ4n) is 2.38. The fraction of sp³-hybridized carbons (Fsp3) is 0.500. The van der Waals surface area contributed by atoms with E-state index in [1.807, 2.05) is 31.3 Å². The molecule has 0 aliphatic carbocycles. The lowest BCUT2D eigenvalue weighted by atomic mass is 10.1. The van der Waals surface area contributed by atoms with Gasteiger partial charge >= 0.3 is 0 Å². The van der Waals surface area contributed by atoms with Gasteiger partial charge < -0.3 is 10.2 Å². The van der Waals surface area contributed by atoms with Gasteiger partial charge in [-0.3, -0.25) is 4.90 Å². The molecule has 1 aromatic rings. The van der Waals surface area contributed by atoms with Gasteiger partial charge in [-0.25, -0.2) is 0 Å². The Kier molecular flexibility index (Phi) is 4.19. The van der Waals surface area contributed by atoms with E-state index in [1.165, 1.54) is 5.69 Å². The molecule has 96 valence electrons. The van der Waals surface area contributed by atoms with Gasteiger partial charge in [0.25, 0.3) is 0 Å². The molecule has 1 heterocycles. The van der Waals surface area contributed by atoms with Crippen LogP contribution in [-0.2, 0) is 0 Å². The summed E-state index contributed by atoms with van der Waals surface area (Å²) in [6.45, 7) is 4.15. The summed E-state index contributed by atoms with van der Waals surface area (Å²) in [6, 6.07) is 10.6. The van der Waals surface area contributed by atoms with Crippen molar-refractivity contribution >= 4 is 5.69 Å². The summed E-state index contributed by atoms with van der Waals surface area (Å²) in [5, 5.41) is 12.1. The number of piperazine rings is 1. The second-order valence-electron chi connectivity index (χ2n) is 4.80. The molecule has 4 heteroatoms. The molecule has 1 saturated heterocycles. The Morgan fingerprint density at radius 1 is 1.33 bits per heavy atom. The molecule has 0 aromatic heterocycles. The summed E-state index contributed by atoms with van der Waals surface area (Å²) < 4.78 is 0. The fourth-order valence-corrected chi connectivity index (χ4v) is 2.38. The highest BCUT2D eigenvalue weighted by Gasteiger charge is 2.23. The van der Waals surface area contributed by atoms with Crippen LogP contribution in [0.3, 0.4) is 0 Å². The highest BCUT2D eigenvalue weighted by molar-refractivity contribution is 5.50. The molecule has 4 nitrogen and oxygen atoms in total. The topological polar surface area (TPSA) is 42.3 Å². The van der Waals surface area contributed by atoms with E-state index in [-0.39, 0.29) is 0 Å². The molecule has 0 bridgehead atoms. The second-order valence-corrected chi connectivity index (χ2v) is 4.80. The second kappa shape index (κ2) is 5.85. The monoisotopic (exact) mass is 244 g/mol. The summed E-state index contributed by atoms with van der Waals surface area (Å²) in [6.07, 6.45) is 0. The molecule has 1 fully saturated rings. The summed E-state index contributed by atoms with van der Waals surface area (Å²) in [7, 11) is 4.17. The van der Waals surface area contributed by atoms with Crippen molar-refractivity contribution in [2.75, 3.05) is 45.2 Å². The molecule has 2 rings (SSSR count). The minimum Gasteiger partial charge on any atom is -0.369 e. The van der Waals surface area contributed by atoms with Crippen LogP contribution in [0.1, 0.15) is 5.56 Å². The number of rotatable bonds is 3. The van der Waals surface area contributed by atoms with Crippen molar-refractivity contribution in [2.45, 2.75) is 6.04 Å². The minimum absolute atomic E-state index is 0.541. The first-order chi connectivity index (χ1) is 8.74. The van der Waals surface area contributed by atoms with Crippen LogP contribution in [0.4, 0.5) is 5.69 Å². The van der Waals surface area contributed by atoms with E-state index in [0.717, 1.165) is 31.7 Å². The molecule has 1 N–H and O–H groups in total. The van der Waals surface area contributed by atoms with Crippen molar-refractivity contribution in [3.8, 4) is 6.07 Å². The molecule has 0 amide bonds. The Bertz CT molecular complexity index is 420. The molecule has 1 aromatic carbocycles. The van der Waals surface area contributed by atoms with E-state index in [4.69, 9.17) is 5.26 Å². The van der Waals surface area contributed by atoms with Gasteiger partial charge in [0.15, 0.2) is 0 Å². The molecule has 1 aliphatic heterocycles. The number of nitrogens with one attached hydrogen (secondary N) is 1. The number of likely N-dealkylation sites (N-methyl/N-ethyl adjacent to an activating group) is 2. The standard InChI is InChI=1S/C14H20N4/c1-16-10-14-11-18(8-7-17(14)2)13-5-3-12(9-15)4-6-13/h3-6,14,16H,7-8,10-11H2,1-2H3. The number of hydrogen-bond donors (Lipinski definition) is 1. The number of hydrogen-bond acceptors (Lipinski definition) is 4. The maximum absolute atomic E-state index is 8.81. The van der Waals surface area contributed by atoms with Crippen LogP contribution in [0.15, 0.2) is 24.3 Å². The third-order valence-corrected chi connectivity index (χ3v) is 3.58. The zero-order valence-corrected chi connectivity index (χ0v) is 11.1. The molecular formula is C14H20N4. The highest BCUT2D eigenvalue weighted by Crippen LogP contribution is 2.18. The number of benzene rings is 1. The lowest BCUT2D eigenvalue weighted by molar-refractivity contribution is 0.216. The number of nitriles is 1. The van der Waals surface area contributed by atoms with E-state index in [2.05, 4.69) is 28.2 Å². The molecule has 0 radical (unpaired) electrons. The zero-order valence-electron chi connectivity index (χ0n) is 11.1. The molecule has 18 heavy (non-hydrogen) atoms. The average Bonchev–Trinajstić information content (AvgIpc) is 2.42. The summed E-state index contributed by atoms with van der Waals surface area (Å²) >= 11 is 0. The molecule has 1 aliphatic rings. The van der Waals surface area contributed by atoms with Gasteiger partial charge in [-0.15, -0.1) is 0 Å². The SMILES string of the molecule is CNCC1CN(c2ccc(C#N)cc2)CCN1C. The molecular weight excluding hydrogens is 224 g/mol. The predicted octanol–water partition coefficient (Wildman–Crippen LogP) is 0.898. The largest absolute Gasteiger partial charge is 0.369 e. The van der Waals surface area contributed by atoms with Crippen LogP contribution in [0, 0.1) is 11.3 Å². The maximum Gasteiger partial charge on any atom is 0.0991 e. The molecule has 0 saturated carbocycles. The van der Waals surface area contributed by atoms with Gasteiger partial charge in [-0.2, -0.15) is 5.26 Å². The van der Waals surface area contributed by atoms with Crippen molar-refractivity contribution in [3.63, 3.8) is 0 Å². The number of nitrogens with zero attached hydrogens (tertiary/aromatic N) is 3. The van der Waals surface area contributed by atoms with Crippen molar-refractivity contribution in [2.24, 2.45) is 0 Å². The Morgan fingerprint density at radius 3 is 2.67 bits per heavy atom. The van der Waals surface area contributed by atoms with Gasteiger partial charge in [-0.05, 0) is 38.4 Å². The van der Waals surface area contributed by atoms with E-state index < -0.39 is 0 Å². The van der Waals surface area contributed by atoms with Gasteiger partial charge in [0.1, 0.15) is 0 Å². The van der Waals surface area contributed by atoms with Crippen LogP contribution in [0.5, 0.6) is 0 Å². The van der Waals surface area contributed by atoms with Gasteiger partial charge in [-0.1, -0.05) is 0 Å². The van der Waals surface area contributed by atoms with E-state index >= 15 is 0 Å². The van der Waals surface area contributed by atoms with Crippen LogP contribution < -0.4 is 10.2 Å². The molecule has 1 atom stereocenters. The molecule has 1 unspecified atom stereocenters. The van der Waals surface area contributed by atoms with Crippen LogP contribution in [0.2, 0.25) is 0 Å². The third kappa shape index (κ3) is 2.81. The van der Waals surface area contributed by atoms with Crippen LogP contribution in [0.25, 0.3) is 0 Å². The third-order valence-electron chi connectivity index (χ3n) is 3.58. The zero-order chi connectivity index (χ0) is 13.0. The lowest BCUT2D eigenvalue weighted by Gasteiger charge is -2.40. The van der Waals surface area contributed by atoms with Gasteiger partial charge in [0.05, 0.1) is 11.6 Å². The van der Waals surface area contributed by atoms with Gasteiger partial charge in [0, 0.05) is 37.9 Å². The predicted molar refractivity (Wildman–Crippen MR) is 73.7 cm³/mol. The summed E-state index contributed by atoms with van der Waals surface area (Å²) in [4.78, 5) is 4.79. The number of anilines is 1. The first-order valence-electron chi connectivity index (χ1n) is 6.34. The van der Waals surface area contributed by atoms with Gasteiger partial charge in [0.2, 0.25) is 0 Å². The normalized spacial score (nSPS) is 20.7. The first-order valence-corrected chi connectivity index (χ1v) is 6.34. The first kappa shape index (κ1) is 12.9. The quantitative estimate of drug-likeness (QED) is 0.858. The summed E-state index contributed by atoms with van der Waals surface area (Å²) in [5.41, 5.74) is 1.93.